The molecule has 3 aromatic rings. The van der Waals surface area contributed by atoms with Crippen molar-refractivity contribution in [3.63, 3.8) is 0 Å². The van der Waals surface area contributed by atoms with Crippen molar-refractivity contribution < 1.29 is 9.47 Å². The molecule has 0 aliphatic carbocycles. The molecule has 0 spiro atoms. The van der Waals surface area contributed by atoms with Gasteiger partial charge in [-0.2, -0.15) is 0 Å². The highest BCUT2D eigenvalue weighted by atomic mass is 16.5. The summed E-state index contributed by atoms with van der Waals surface area (Å²) in [5, 5.41) is 12.0. The molecule has 25 heavy (non-hydrogen) atoms. The lowest BCUT2D eigenvalue weighted by Gasteiger charge is -2.15. The van der Waals surface area contributed by atoms with Crippen molar-refractivity contribution in [2.24, 2.45) is 0 Å². The second kappa shape index (κ2) is 6.37. The molecule has 2 atom stereocenters. The van der Waals surface area contributed by atoms with Crippen molar-refractivity contribution in [3.8, 4) is 11.5 Å². The van der Waals surface area contributed by atoms with Crippen LogP contribution in [0.25, 0.3) is 5.65 Å². The van der Waals surface area contributed by atoms with Crippen LogP contribution in [-0.2, 0) is 13.0 Å². The molecule has 0 bridgehead atoms. The van der Waals surface area contributed by atoms with E-state index in [9.17, 15) is 0 Å². The van der Waals surface area contributed by atoms with Crippen LogP contribution < -0.4 is 14.8 Å². The smallest absolute Gasteiger partial charge is 0.160 e. The van der Waals surface area contributed by atoms with Crippen molar-refractivity contribution in [1.29, 1.82) is 0 Å². The molecule has 130 valence electrons. The Labute approximate surface area is 146 Å². The van der Waals surface area contributed by atoms with E-state index in [1.54, 1.807) is 7.11 Å². The minimum absolute atomic E-state index is 0.0511. The Hall–Kier alpha value is -2.60. The first-order valence-electron chi connectivity index (χ1n) is 8.55. The summed E-state index contributed by atoms with van der Waals surface area (Å²) in [7, 11) is 1.71. The Kier molecular flexibility index (Phi) is 4.05. The minimum Gasteiger partial charge on any atom is -0.496 e. The zero-order valence-corrected chi connectivity index (χ0v) is 14.7. The van der Waals surface area contributed by atoms with E-state index >= 15 is 0 Å². The number of rotatable bonds is 5. The number of methoxy groups -OCH3 is 1. The SMILES string of the molecule is COc1cc2c(cc1CN[C@@H](C)c1nnc3ccccn13)O[C@H](C)C2. The van der Waals surface area contributed by atoms with Gasteiger partial charge in [-0.15, -0.1) is 10.2 Å². The fourth-order valence-corrected chi connectivity index (χ4v) is 3.32. The number of benzene rings is 1. The first kappa shape index (κ1) is 15.9. The van der Waals surface area contributed by atoms with E-state index in [2.05, 4.69) is 41.5 Å². The first-order valence-corrected chi connectivity index (χ1v) is 8.55. The third-order valence-electron chi connectivity index (χ3n) is 4.63. The molecule has 6 nitrogen and oxygen atoms in total. The third kappa shape index (κ3) is 2.93. The number of hydrogen-bond acceptors (Lipinski definition) is 5. The van der Waals surface area contributed by atoms with Crippen LogP contribution in [0.15, 0.2) is 36.5 Å². The molecule has 4 rings (SSSR count). The van der Waals surface area contributed by atoms with E-state index in [-0.39, 0.29) is 12.1 Å². The number of ether oxygens (including phenoxy) is 2. The number of aromatic nitrogens is 3. The largest absolute Gasteiger partial charge is 0.496 e. The lowest BCUT2D eigenvalue weighted by Crippen LogP contribution is -2.20. The lowest BCUT2D eigenvalue weighted by molar-refractivity contribution is 0.254. The van der Waals surface area contributed by atoms with Crippen LogP contribution in [0.1, 0.15) is 36.8 Å². The maximum atomic E-state index is 5.87. The normalized spacial score (nSPS) is 17.3. The van der Waals surface area contributed by atoms with E-state index in [0.717, 1.165) is 35.0 Å². The molecule has 0 amide bonds. The van der Waals surface area contributed by atoms with Gasteiger partial charge < -0.3 is 14.8 Å². The summed E-state index contributed by atoms with van der Waals surface area (Å²) in [6, 6.07) is 10.1. The number of pyridine rings is 1. The van der Waals surface area contributed by atoms with E-state index in [1.807, 2.05) is 28.8 Å². The van der Waals surface area contributed by atoms with Crippen LogP contribution in [0, 0.1) is 0 Å². The van der Waals surface area contributed by atoms with E-state index in [4.69, 9.17) is 9.47 Å². The number of nitrogens with one attached hydrogen (secondary N) is 1. The van der Waals surface area contributed by atoms with Gasteiger partial charge in [0.15, 0.2) is 11.5 Å². The molecule has 2 aromatic heterocycles. The monoisotopic (exact) mass is 338 g/mol. The Morgan fingerprint density at radius 2 is 2.24 bits per heavy atom. The van der Waals surface area contributed by atoms with Gasteiger partial charge in [0.05, 0.1) is 13.2 Å². The standard InChI is InChI=1S/C19H22N4O2/c1-12-8-14-9-16(24-3)15(10-17(14)25-12)11-20-13(2)19-22-21-18-6-4-5-7-23(18)19/h4-7,9-10,12-13,20H,8,11H2,1-3H3/t12-,13+/m1/s1. The van der Waals surface area contributed by atoms with Crippen LogP contribution in [-0.4, -0.2) is 27.8 Å². The molecular formula is C19H22N4O2. The predicted molar refractivity (Wildman–Crippen MR) is 95.0 cm³/mol. The molecule has 0 saturated carbocycles. The molecule has 0 saturated heterocycles. The van der Waals surface area contributed by atoms with Crippen molar-refractivity contribution in [3.05, 3.63) is 53.5 Å². The molecule has 3 heterocycles. The average molecular weight is 338 g/mol. The zero-order chi connectivity index (χ0) is 17.4. The van der Waals surface area contributed by atoms with Gasteiger partial charge in [0, 0.05) is 30.3 Å². The number of hydrogen-bond donors (Lipinski definition) is 1. The van der Waals surface area contributed by atoms with Crippen molar-refractivity contribution in [2.75, 3.05) is 7.11 Å². The Balaban J connectivity index is 1.54. The molecule has 0 unspecified atom stereocenters. The maximum absolute atomic E-state index is 5.87. The topological polar surface area (TPSA) is 60.7 Å². The van der Waals surface area contributed by atoms with E-state index in [1.165, 1.54) is 5.56 Å². The summed E-state index contributed by atoms with van der Waals surface area (Å²) in [6.45, 7) is 4.84. The van der Waals surface area contributed by atoms with E-state index in [0.29, 0.717) is 6.54 Å². The fraction of sp³-hybridized carbons (Fsp3) is 0.368. The predicted octanol–water partition coefficient (Wildman–Crippen LogP) is 2.91. The summed E-state index contributed by atoms with van der Waals surface area (Å²) in [6.07, 6.45) is 3.14. The molecule has 0 fully saturated rings. The number of fused-ring (bicyclic) bond motifs is 2. The van der Waals surface area contributed by atoms with Crippen LogP contribution in [0.4, 0.5) is 0 Å². The average Bonchev–Trinajstić information content (AvgIpc) is 3.20. The molecule has 1 aromatic carbocycles. The summed E-state index contributed by atoms with van der Waals surface area (Å²) in [4.78, 5) is 0. The Morgan fingerprint density at radius 1 is 1.36 bits per heavy atom. The molecule has 1 aliphatic heterocycles. The van der Waals surface area contributed by atoms with Crippen LogP contribution >= 0.6 is 0 Å². The Morgan fingerprint density at radius 3 is 3.08 bits per heavy atom. The van der Waals surface area contributed by atoms with Crippen molar-refractivity contribution >= 4 is 5.65 Å². The molecular weight excluding hydrogens is 316 g/mol. The summed E-state index contributed by atoms with van der Waals surface area (Å²) >= 11 is 0. The molecule has 6 heteroatoms. The highest BCUT2D eigenvalue weighted by molar-refractivity contribution is 5.48. The second-order valence-electron chi connectivity index (χ2n) is 6.49. The van der Waals surface area contributed by atoms with Gasteiger partial charge in [0.25, 0.3) is 0 Å². The highest BCUT2D eigenvalue weighted by Gasteiger charge is 2.22. The zero-order valence-electron chi connectivity index (χ0n) is 14.7. The van der Waals surface area contributed by atoms with Crippen molar-refractivity contribution in [1.82, 2.24) is 19.9 Å². The van der Waals surface area contributed by atoms with Gasteiger partial charge in [-0.3, -0.25) is 4.40 Å². The quantitative estimate of drug-likeness (QED) is 0.775. The van der Waals surface area contributed by atoms with Crippen LogP contribution in [0.5, 0.6) is 11.5 Å². The van der Waals surface area contributed by atoms with Crippen molar-refractivity contribution in [2.45, 2.75) is 39.0 Å². The fourth-order valence-electron chi connectivity index (χ4n) is 3.32. The van der Waals surface area contributed by atoms with Crippen LogP contribution in [0.3, 0.4) is 0 Å². The van der Waals surface area contributed by atoms with Gasteiger partial charge in [-0.25, -0.2) is 0 Å². The van der Waals surface area contributed by atoms with Gasteiger partial charge in [-0.1, -0.05) is 6.07 Å². The lowest BCUT2D eigenvalue weighted by atomic mass is 10.1. The minimum atomic E-state index is 0.0511. The maximum Gasteiger partial charge on any atom is 0.160 e. The van der Waals surface area contributed by atoms with Gasteiger partial charge in [0.1, 0.15) is 17.6 Å². The molecule has 1 aliphatic rings. The first-order chi connectivity index (χ1) is 12.2. The summed E-state index contributed by atoms with van der Waals surface area (Å²) < 4.78 is 13.4. The summed E-state index contributed by atoms with van der Waals surface area (Å²) in [5.74, 6) is 2.74. The number of nitrogens with zero attached hydrogens (tertiary/aromatic N) is 3. The molecule has 1 N–H and O–H groups in total. The highest BCUT2D eigenvalue weighted by Crippen LogP contribution is 2.35. The van der Waals surface area contributed by atoms with Crippen LogP contribution in [0.2, 0.25) is 0 Å². The van der Waals surface area contributed by atoms with Gasteiger partial charge in [-0.05, 0) is 38.1 Å². The Bertz CT molecular complexity index is 906. The second-order valence-corrected chi connectivity index (χ2v) is 6.49. The molecule has 0 radical (unpaired) electrons. The van der Waals surface area contributed by atoms with E-state index < -0.39 is 0 Å². The summed E-state index contributed by atoms with van der Waals surface area (Å²) in [5.41, 5.74) is 3.14. The van der Waals surface area contributed by atoms with Gasteiger partial charge in [0.2, 0.25) is 0 Å². The third-order valence-corrected chi connectivity index (χ3v) is 4.63. The van der Waals surface area contributed by atoms with Gasteiger partial charge >= 0.3 is 0 Å².